The summed E-state index contributed by atoms with van der Waals surface area (Å²) in [5.41, 5.74) is 1.93. The molecule has 28 heavy (non-hydrogen) atoms. The van der Waals surface area contributed by atoms with E-state index in [4.69, 9.17) is 14.3 Å². The van der Waals surface area contributed by atoms with Crippen molar-refractivity contribution in [3.8, 4) is 17.5 Å². The Hall–Kier alpha value is -3.55. The van der Waals surface area contributed by atoms with Crippen LogP contribution in [0.25, 0.3) is 0 Å². The van der Waals surface area contributed by atoms with Crippen molar-refractivity contribution in [3.05, 3.63) is 60.0 Å². The lowest BCUT2D eigenvalue weighted by Crippen LogP contribution is -2.49. The Morgan fingerprint density at radius 2 is 2.14 bits per heavy atom. The van der Waals surface area contributed by atoms with Crippen molar-refractivity contribution in [2.75, 3.05) is 11.7 Å². The van der Waals surface area contributed by atoms with Crippen molar-refractivity contribution >= 4 is 11.7 Å². The molecule has 8 heteroatoms. The van der Waals surface area contributed by atoms with E-state index in [1.165, 1.54) is 5.06 Å². The summed E-state index contributed by atoms with van der Waals surface area (Å²) in [7, 11) is 0. The van der Waals surface area contributed by atoms with Crippen molar-refractivity contribution in [2.24, 2.45) is 0 Å². The molecule has 4 heterocycles. The zero-order valence-electron chi connectivity index (χ0n) is 15.0. The first-order valence-electron chi connectivity index (χ1n) is 9.15. The molecular formula is C20H18N4O4. The predicted octanol–water partition coefficient (Wildman–Crippen LogP) is 2.46. The Morgan fingerprint density at radius 3 is 3.04 bits per heavy atom. The Kier molecular flexibility index (Phi) is 4.08. The zero-order valence-corrected chi connectivity index (χ0v) is 15.0. The number of benzene rings is 1. The number of anilines is 1. The van der Waals surface area contributed by atoms with Crippen LogP contribution in [-0.4, -0.2) is 33.6 Å². The molecule has 2 aliphatic rings. The van der Waals surface area contributed by atoms with E-state index in [1.54, 1.807) is 24.7 Å². The smallest absolute Gasteiger partial charge is 0.302 e. The fraction of sp³-hybridized carbons (Fsp3) is 0.250. The van der Waals surface area contributed by atoms with Crippen LogP contribution < -0.4 is 19.4 Å². The third kappa shape index (κ3) is 3.02. The average molecular weight is 378 g/mol. The number of H-pyrrole nitrogens is 1. The molecule has 1 atom stereocenters. The first kappa shape index (κ1) is 16.6. The van der Waals surface area contributed by atoms with E-state index in [2.05, 4.69) is 15.0 Å². The molecule has 2 aromatic heterocycles. The van der Waals surface area contributed by atoms with Gasteiger partial charge in [0.1, 0.15) is 5.75 Å². The predicted molar refractivity (Wildman–Crippen MR) is 99.3 cm³/mol. The summed E-state index contributed by atoms with van der Waals surface area (Å²) in [6.07, 6.45) is 6.35. The second-order valence-electron chi connectivity index (χ2n) is 6.64. The minimum Gasteiger partial charge on any atom is -0.493 e. The molecule has 0 saturated heterocycles. The lowest BCUT2D eigenvalue weighted by molar-refractivity contribution is -0.130. The topological polar surface area (TPSA) is 89.6 Å². The molecule has 0 radical (unpaired) electrons. The van der Waals surface area contributed by atoms with Crippen molar-refractivity contribution in [1.29, 1.82) is 0 Å². The number of pyridine rings is 1. The highest BCUT2D eigenvalue weighted by atomic mass is 16.7. The van der Waals surface area contributed by atoms with Gasteiger partial charge < -0.3 is 19.3 Å². The maximum absolute atomic E-state index is 13.1. The third-order valence-corrected chi connectivity index (χ3v) is 4.74. The zero-order chi connectivity index (χ0) is 18.9. The fourth-order valence-corrected chi connectivity index (χ4v) is 3.42. The number of hydroxylamine groups is 1. The van der Waals surface area contributed by atoms with Crippen LogP contribution in [0.5, 0.6) is 17.5 Å². The molecular weight excluding hydrogens is 360 g/mol. The van der Waals surface area contributed by atoms with Gasteiger partial charge in [0.2, 0.25) is 0 Å². The first-order valence-corrected chi connectivity index (χ1v) is 9.15. The van der Waals surface area contributed by atoms with Crippen molar-refractivity contribution in [3.63, 3.8) is 0 Å². The molecule has 0 bridgehead atoms. The van der Waals surface area contributed by atoms with Crippen LogP contribution in [0, 0.1) is 0 Å². The number of nitrogens with zero attached hydrogens (tertiary/aromatic N) is 3. The first-order chi connectivity index (χ1) is 13.8. The van der Waals surface area contributed by atoms with Crippen molar-refractivity contribution < 1.29 is 19.1 Å². The van der Waals surface area contributed by atoms with Crippen LogP contribution in [0.15, 0.2) is 48.9 Å². The highest BCUT2D eigenvalue weighted by molar-refractivity contribution is 5.97. The van der Waals surface area contributed by atoms with Gasteiger partial charge in [-0.25, -0.2) is 9.97 Å². The molecule has 1 amide bonds. The third-order valence-electron chi connectivity index (χ3n) is 4.74. The van der Waals surface area contributed by atoms with E-state index in [0.29, 0.717) is 18.0 Å². The Labute approximate surface area is 161 Å². The minimum absolute atomic E-state index is 0.288. The number of nitrogens with one attached hydrogen (secondary N) is 1. The number of aromatic amines is 1. The van der Waals surface area contributed by atoms with Gasteiger partial charge in [-0.2, -0.15) is 0 Å². The van der Waals surface area contributed by atoms with Gasteiger partial charge in [-0.3, -0.25) is 4.79 Å². The molecule has 0 spiro atoms. The number of aryl methyl sites for hydroxylation is 1. The lowest BCUT2D eigenvalue weighted by atomic mass is 10.0. The summed E-state index contributed by atoms with van der Waals surface area (Å²) in [5.74, 6) is 1.55. The maximum Gasteiger partial charge on any atom is 0.302 e. The number of aromatic nitrogens is 3. The van der Waals surface area contributed by atoms with E-state index in [-0.39, 0.29) is 11.9 Å². The molecule has 142 valence electrons. The number of amides is 1. The molecule has 1 aromatic carbocycles. The summed E-state index contributed by atoms with van der Waals surface area (Å²) in [4.78, 5) is 30.3. The molecule has 0 saturated carbocycles. The summed E-state index contributed by atoms with van der Waals surface area (Å²) in [6, 6.07) is 9.58. The Bertz CT molecular complexity index is 1010. The molecule has 2 aliphatic heterocycles. The molecule has 1 unspecified atom stereocenters. The van der Waals surface area contributed by atoms with Gasteiger partial charge in [0, 0.05) is 30.6 Å². The number of rotatable bonds is 4. The van der Waals surface area contributed by atoms with E-state index in [9.17, 15) is 4.79 Å². The second-order valence-corrected chi connectivity index (χ2v) is 6.64. The van der Waals surface area contributed by atoms with E-state index < -0.39 is 6.10 Å². The molecule has 3 aromatic rings. The summed E-state index contributed by atoms with van der Waals surface area (Å²) >= 11 is 0. The fourth-order valence-electron chi connectivity index (χ4n) is 3.42. The monoisotopic (exact) mass is 378 g/mol. The molecule has 0 fully saturated rings. The highest BCUT2D eigenvalue weighted by Gasteiger charge is 2.38. The van der Waals surface area contributed by atoms with Gasteiger partial charge in [0.25, 0.3) is 6.01 Å². The summed E-state index contributed by atoms with van der Waals surface area (Å²) < 4.78 is 11.4. The number of hydrogen-bond acceptors (Lipinski definition) is 6. The quantitative estimate of drug-likeness (QED) is 0.750. The van der Waals surface area contributed by atoms with Crippen LogP contribution in [0.3, 0.4) is 0 Å². The minimum atomic E-state index is -0.760. The van der Waals surface area contributed by atoms with E-state index in [0.717, 1.165) is 36.3 Å². The van der Waals surface area contributed by atoms with Crippen molar-refractivity contribution in [2.45, 2.75) is 25.4 Å². The van der Waals surface area contributed by atoms with E-state index in [1.807, 2.05) is 24.3 Å². The number of fused-ring (bicyclic) bond motifs is 2. The second kappa shape index (κ2) is 6.88. The van der Waals surface area contributed by atoms with Crippen LogP contribution in [0.4, 0.5) is 5.82 Å². The van der Waals surface area contributed by atoms with Crippen LogP contribution >= 0.6 is 0 Å². The number of carbonyl (C=O) groups is 1. The molecule has 5 rings (SSSR count). The van der Waals surface area contributed by atoms with Gasteiger partial charge in [-0.15, -0.1) is 5.06 Å². The normalized spacial score (nSPS) is 18.1. The van der Waals surface area contributed by atoms with Crippen LogP contribution in [0.2, 0.25) is 0 Å². The van der Waals surface area contributed by atoms with Gasteiger partial charge in [0.15, 0.2) is 17.7 Å². The Morgan fingerprint density at radius 1 is 1.18 bits per heavy atom. The van der Waals surface area contributed by atoms with Gasteiger partial charge in [-0.1, -0.05) is 6.07 Å². The van der Waals surface area contributed by atoms with Gasteiger partial charge in [0.05, 0.1) is 6.61 Å². The van der Waals surface area contributed by atoms with Crippen LogP contribution in [0.1, 0.15) is 17.5 Å². The average Bonchev–Trinajstić information content (AvgIpc) is 3.24. The van der Waals surface area contributed by atoms with Gasteiger partial charge in [-0.05, 0) is 42.7 Å². The largest absolute Gasteiger partial charge is 0.493 e. The number of hydrogen-bond donors (Lipinski definition) is 1. The standard InChI is InChI=1S/C20H18N4O4/c25-19-17(27-20-22-8-9-23-20)12-14-3-1-7-21-18(14)24(19)28-15-5-6-16-13(11-15)4-2-10-26-16/h1,3,5-9,11,17H,2,4,10,12H2,(H,22,23). The summed E-state index contributed by atoms with van der Waals surface area (Å²) in [6.45, 7) is 0.723. The number of imidazole rings is 1. The number of carbonyl (C=O) groups excluding carboxylic acids is 1. The van der Waals surface area contributed by atoms with E-state index >= 15 is 0 Å². The number of ether oxygens (including phenoxy) is 2. The van der Waals surface area contributed by atoms with Gasteiger partial charge >= 0.3 is 5.91 Å². The van der Waals surface area contributed by atoms with Crippen molar-refractivity contribution in [1.82, 2.24) is 15.0 Å². The molecule has 8 nitrogen and oxygen atoms in total. The molecule has 1 N–H and O–H groups in total. The molecule has 0 aliphatic carbocycles. The SMILES string of the molecule is O=C1C(Oc2ncc[nH]2)Cc2cccnc2N1Oc1ccc2c(c1)CCCO2. The summed E-state index contributed by atoms with van der Waals surface area (Å²) in [5, 5.41) is 1.21. The Balaban J connectivity index is 1.45. The lowest BCUT2D eigenvalue weighted by Gasteiger charge is -2.31. The van der Waals surface area contributed by atoms with Crippen LogP contribution in [-0.2, 0) is 17.6 Å². The highest BCUT2D eigenvalue weighted by Crippen LogP contribution is 2.32. The maximum atomic E-state index is 13.1.